The fourth-order valence-corrected chi connectivity index (χ4v) is 2.51. The lowest BCUT2D eigenvalue weighted by Gasteiger charge is -2.07. The lowest BCUT2D eigenvalue weighted by molar-refractivity contribution is 0.414. The number of phenolic OH excluding ortho intramolecular Hbond substituents is 1. The van der Waals surface area contributed by atoms with Crippen LogP contribution in [0, 0.1) is 5.95 Å². The number of fused-ring (bicyclic) bond motifs is 1. The number of phenols is 1. The van der Waals surface area contributed by atoms with Crippen LogP contribution in [-0.2, 0) is 0 Å². The van der Waals surface area contributed by atoms with Crippen molar-refractivity contribution < 1.29 is 14.2 Å². The quantitative estimate of drug-likeness (QED) is 0.777. The Balaban J connectivity index is 2.22. The molecule has 1 aromatic heterocycles. The third kappa shape index (κ3) is 2.02. The van der Waals surface area contributed by atoms with Crippen molar-refractivity contribution in [1.82, 2.24) is 9.78 Å². The van der Waals surface area contributed by atoms with Gasteiger partial charge in [-0.15, -0.1) is 0 Å². The van der Waals surface area contributed by atoms with Gasteiger partial charge in [-0.2, -0.15) is 9.49 Å². The van der Waals surface area contributed by atoms with E-state index in [-0.39, 0.29) is 11.1 Å². The first-order valence-electron chi connectivity index (χ1n) is 5.81. The molecule has 1 N–H and O–H groups in total. The summed E-state index contributed by atoms with van der Waals surface area (Å²) in [7, 11) is 1.56. The second-order valence-corrected chi connectivity index (χ2v) is 5.08. The molecule has 4 nitrogen and oxygen atoms in total. The molecule has 0 atom stereocenters. The number of halogens is 2. The van der Waals surface area contributed by atoms with Gasteiger partial charge in [0.2, 0.25) is 5.95 Å². The third-order valence-corrected chi connectivity index (χ3v) is 3.61. The molecule has 0 fully saturated rings. The Hall–Kier alpha value is -2.08. The zero-order valence-corrected chi connectivity index (χ0v) is 12.1. The van der Waals surface area contributed by atoms with Gasteiger partial charge in [-0.3, -0.25) is 0 Å². The molecule has 0 amide bonds. The number of rotatable bonds is 2. The predicted octanol–water partition coefficient (Wildman–Crippen LogP) is 3.64. The molecule has 0 saturated carbocycles. The van der Waals surface area contributed by atoms with E-state index in [0.29, 0.717) is 21.4 Å². The minimum atomic E-state index is -0.526. The van der Waals surface area contributed by atoms with E-state index in [1.165, 1.54) is 16.8 Å². The maximum atomic E-state index is 14.4. The highest BCUT2D eigenvalue weighted by atomic mass is 79.9. The molecule has 0 spiro atoms. The summed E-state index contributed by atoms with van der Waals surface area (Å²) in [5.41, 5.74) is 1.03. The fourth-order valence-electron chi connectivity index (χ4n) is 1.99. The van der Waals surface area contributed by atoms with E-state index in [4.69, 9.17) is 4.74 Å². The van der Waals surface area contributed by atoms with Crippen LogP contribution in [0.2, 0.25) is 0 Å². The summed E-state index contributed by atoms with van der Waals surface area (Å²) in [4.78, 5) is 0. The largest absolute Gasteiger partial charge is 0.508 e. The Labute approximate surface area is 122 Å². The monoisotopic (exact) mass is 336 g/mol. The van der Waals surface area contributed by atoms with Crippen molar-refractivity contribution in [2.24, 2.45) is 0 Å². The standard InChI is InChI=1S/C14H10BrFN2O2/c1-20-9-3-5-13(11(15)7-9)18-14(16)10-6-8(19)2-4-12(10)17-18/h2-7,19H,1H3. The van der Waals surface area contributed by atoms with E-state index in [9.17, 15) is 9.50 Å². The first-order chi connectivity index (χ1) is 9.60. The van der Waals surface area contributed by atoms with Gasteiger partial charge in [0.15, 0.2) is 0 Å². The molecule has 0 aliphatic carbocycles. The van der Waals surface area contributed by atoms with Crippen LogP contribution in [-0.4, -0.2) is 22.0 Å². The van der Waals surface area contributed by atoms with Crippen molar-refractivity contribution in [3.05, 3.63) is 46.8 Å². The number of aromatic nitrogens is 2. The molecule has 0 radical (unpaired) electrons. The minimum absolute atomic E-state index is 0.00440. The average molecular weight is 337 g/mol. The Kier molecular flexibility index (Phi) is 3.10. The zero-order valence-electron chi connectivity index (χ0n) is 10.5. The van der Waals surface area contributed by atoms with Gasteiger partial charge in [-0.05, 0) is 52.3 Å². The second kappa shape index (κ2) is 4.79. The predicted molar refractivity (Wildman–Crippen MR) is 76.9 cm³/mol. The molecule has 3 aromatic rings. The van der Waals surface area contributed by atoms with Gasteiger partial charge in [0.1, 0.15) is 11.5 Å². The van der Waals surface area contributed by atoms with E-state index < -0.39 is 5.95 Å². The first kappa shape index (κ1) is 12.9. The van der Waals surface area contributed by atoms with Crippen LogP contribution in [0.5, 0.6) is 11.5 Å². The summed E-state index contributed by atoms with van der Waals surface area (Å²) in [6.07, 6.45) is 0. The molecule has 0 unspecified atom stereocenters. The van der Waals surface area contributed by atoms with E-state index in [0.717, 1.165) is 0 Å². The molecular formula is C14H10BrFN2O2. The SMILES string of the molecule is COc1ccc(-n2nc3ccc(O)cc3c2F)c(Br)c1. The maximum Gasteiger partial charge on any atom is 0.224 e. The molecule has 0 aliphatic heterocycles. The molecule has 1 heterocycles. The Bertz CT molecular complexity index is 801. The van der Waals surface area contributed by atoms with Crippen molar-refractivity contribution in [3.8, 4) is 17.2 Å². The summed E-state index contributed by atoms with van der Waals surface area (Å²) < 4.78 is 21.3. The van der Waals surface area contributed by atoms with Crippen LogP contribution < -0.4 is 4.74 Å². The second-order valence-electron chi connectivity index (χ2n) is 4.22. The molecule has 0 saturated heterocycles. The summed E-state index contributed by atoms with van der Waals surface area (Å²) in [6, 6.07) is 9.56. The molecule has 3 rings (SSSR count). The lowest BCUT2D eigenvalue weighted by atomic mass is 10.2. The van der Waals surface area contributed by atoms with Crippen LogP contribution >= 0.6 is 15.9 Å². The van der Waals surface area contributed by atoms with Crippen molar-refractivity contribution >= 4 is 26.8 Å². The number of hydrogen-bond acceptors (Lipinski definition) is 3. The Morgan fingerprint density at radius 3 is 2.75 bits per heavy atom. The number of benzene rings is 2. The smallest absolute Gasteiger partial charge is 0.224 e. The van der Waals surface area contributed by atoms with E-state index >= 15 is 0 Å². The molecule has 2 aromatic carbocycles. The van der Waals surface area contributed by atoms with Crippen LogP contribution in [0.25, 0.3) is 16.6 Å². The zero-order chi connectivity index (χ0) is 14.3. The van der Waals surface area contributed by atoms with Gasteiger partial charge in [0, 0.05) is 4.47 Å². The number of ether oxygens (including phenoxy) is 1. The summed E-state index contributed by atoms with van der Waals surface area (Å²) >= 11 is 3.37. The lowest BCUT2D eigenvalue weighted by Crippen LogP contribution is -2.00. The van der Waals surface area contributed by atoms with Gasteiger partial charge in [0.05, 0.1) is 23.7 Å². The molecule has 102 valence electrons. The first-order valence-corrected chi connectivity index (χ1v) is 6.60. The van der Waals surface area contributed by atoms with Gasteiger partial charge in [-0.1, -0.05) is 0 Å². The minimum Gasteiger partial charge on any atom is -0.508 e. The molecule has 0 aliphatic rings. The van der Waals surface area contributed by atoms with Gasteiger partial charge < -0.3 is 9.84 Å². The van der Waals surface area contributed by atoms with E-state index in [1.54, 1.807) is 31.4 Å². The fraction of sp³-hybridized carbons (Fsp3) is 0.0714. The van der Waals surface area contributed by atoms with Gasteiger partial charge >= 0.3 is 0 Å². The van der Waals surface area contributed by atoms with Crippen LogP contribution in [0.4, 0.5) is 4.39 Å². The number of methoxy groups -OCH3 is 1. The Morgan fingerprint density at radius 1 is 1.25 bits per heavy atom. The third-order valence-electron chi connectivity index (χ3n) is 2.98. The van der Waals surface area contributed by atoms with Crippen molar-refractivity contribution in [2.75, 3.05) is 7.11 Å². The molecule has 0 bridgehead atoms. The summed E-state index contributed by atoms with van der Waals surface area (Å²) in [6.45, 7) is 0. The number of hydrogen-bond donors (Lipinski definition) is 1. The van der Waals surface area contributed by atoms with Crippen molar-refractivity contribution in [3.63, 3.8) is 0 Å². The van der Waals surface area contributed by atoms with Gasteiger partial charge in [0.25, 0.3) is 0 Å². The van der Waals surface area contributed by atoms with E-state index in [1.807, 2.05) is 0 Å². The maximum absolute atomic E-state index is 14.4. The van der Waals surface area contributed by atoms with Crippen molar-refractivity contribution in [2.45, 2.75) is 0 Å². The topological polar surface area (TPSA) is 47.3 Å². The molecule has 20 heavy (non-hydrogen) atoms. The molecule has 6 heteroatoms. The van der Waals surface area contributed by atoms with Gasteiger partial charge in [-0.25, -0.2) is 4.68 Å². The average Bonchev–Trinajstić information content (AvgIpc) is 2.76. The van der Waals surface area contributed by atoms with Crippen LogP contribution in [0.15, 0.2) is 40.9 Å². The van der Waals surface area contributed by atoms with E-state index in [2.05, 4.69) is 21.0 Å². The Morgan fingerprint density at radius 2 is 2.05 bits per heavy atom. The highest BCUT2D eigenvalue weighted by Crippen LogP contribution is 2.29. The number of nitrogens with zero attached hydrogens (tertiary/aromatic N) is 2. The van der Waals surface area contributed by atoms with Crippen LogP contribution in [0.3, 0.4) is 0 Å². The highest BCUT2D eigenvalue weighted by Gasteiger charge is 2.15. The highest BCUT2D eigenvalue weighted by molar-refractivity contribution is 9.10. The molecular weight excluding hydrogens is 327 g/mol. The summed E-state index contributed by atoms with van der Waals surface area (Å²) in [5, 5.41) is 13.9. The summed E-state index contributed by atoms with van der Waals surface area (Å²) in [5.74, 6) is 0.141. The van der Waals surface area contributed by atoms with Crippen molar-refractivity contribution in [1.29, 1.82) is 0 Å². The number of aromatic hydroxyl groups is 1. The normalized spacial score (nSPS) is 10.9. The van der Waals surface area contributed by atoms with Crippen LogP contribution in [0.1, 0.15) is 0 Å².